The summed E-state index contributed by atoms with van der Waals surface area (Å²) in [7, 11) is 1.69. The molecule has 1 atom stereocenters. The molecule has 1 aromatic rings. The molecule has 0 saturated carbocycles. The molecule has 76 valence electrons. The Hall–Kier alpha value is -1.06. The van der Waals surface area contributed by atoms with E-state index in [1.54, 1.807) is 7.11 Å². The number of hydroxylamine groups is 1. The second kappa shape index (κ2) is 3.59. The molecule has 1 heterocycles. The predicted molar refractivity (Wildman–Crippen MR) is 54.1 cm³/mol. The van der Waals surface area contributed by atoms with E-state index in [1.165, 1.54) is 0 Å². The molecular weight excluding hydrogens is 178 g/mol. The van der Waals surface area contributed by atoms with Gasteiger partial charge in [-0.25, -0.2) is 5.48 Å². The van der Waals surface area contributed by atoms with Gasteiger partial charge in [0.25, 0.3) is 0 Å². The van der Waals surface area contributed by atoms with Crippen LogP contribution in [0.4, 0.5) is 0 Å². The molecule has 1 fully saturated rings. The Morgan fingerprint density at radius 3 is 2.86 bits per heavy atom. The van der Waals surface area contributed by atoms with E-state index in [9.17, 15) is 0 Å². The highest BCUT2D eigenvalue weighted by molar-refractivity contribution is 5.38. The number of hydrogen-bond acceptors (Lipinski definition) is 3. The zero-order valence-corrected chi connectivity index (χ0v) is 8.54. The standard InChI is InChI=1S/C11H15NO2/c1-11(7-8-12-14-11)9-5-3-4-6-10(9)13-2/h3-6,12H,7-8H2,1-2H3. The summed E-state index contributed by atoms with van der Waals surface area (Å²) in [6.07, 6.45) is 0.966. The van der Waals surface area contributed by atoms with Crippen LogP contribution in [0, 0.1) is 0 Å². The van der Waals surface area contributed by atoms with Gasteiger partial charge in [0, 0.05) is 12.1 Å². The second-order valence-electron chi connectivity index (χ2n) is 3.68. The summed E-state index contributed by atoms with van der Waals surface area (Å²) < 4.78 is 5.32. The molecule has 1 N–H and O–H groups in total. The molecule has 1 aliphatic heterocycles. The van der Waals surface area contributed by atoms with Gasteiger partial charge in [0.05, 0.1) is 7.11 Å². The Bertz CT molecular complexity index is 319. The van der Waals surface area contributed by atoms with Crippen LogP contribution < -0.4 is 10.2 Å². The van der Waals surface area contributed by atoms with Crippen molar-refractivity contribution in [2.75, 3.05) is 13.7 Å². The van der Waals surface area contributed by atoms with Gasteiger partial charge in [-0.2, -0.15) is 0 Å². The number of benzene rings is 1. The average molecular weight is 193 g/mol. The molecule has 0 bridgehead atoms. The van der Waals surface area contributed by atoms with Gasteiger partial charge < -0.3 is 4.74 Å². The monoisotopic (exact) mass is 193 g/mol. The summed E-state index contributed by atoms with van der Waals surface area (Å²) >= 11 is 0. The first-order valence-corrected chi connectivity index (χ1v) is 4.81. The van der Waals surface area contributed by atoms with Crippen molar-refractivity contribution in [2.24, 2.45) is 0 Å². The number of para-hydroxylation sites is 1. The van der Waals surface area contributed by atoms with E-state index >= 15 is 0 Å². The van der Waals surface area contributed by atoms with Gasteiger partial charge in [-0.05, 0) is 19.4 Å². The van der Waals surface area contributed by atoms with Gasteiger partial charge in [0.15, 0.2) is 0 Å². The summed E-state index contributed by atoms with van der Waals surface area (Å²) in [5.74, 6) is 0.888. The summed E-state index contributed by atoms with van der Waals surface area (Å²) in [4.78, 5) is 5.54. The summed E-state index contributed by atoms with van der Waals surface area (Å²) in [5.41, 5.74) is 3.75. The second-order valence-corrected chi connectivity index (χ2v) is 3.68. The first kappa shape index (κ1) is 9.49. The molecule has 0 aromatic heterocycles. The van der Waals surface area contributed by atoms with E-state index in [4.69, 9.17) is 9.57 Å². The van der Waals surface area contributed by atoms with Crippen LogP contribution in [0.5, 0.6) is 5.75 Å². The maximum Gasteiger partial charge on any atom is 0.125 e. The predicted octanol–water partition coefficient (Wildman–Crippen LogP) is 1.84. The third-order valence-electron chi connectivity index (χ3n) is 2.68. The molecule has 2 rings (SSSR count). The van der Waals surface area contributed by atoms with Gasteiger partial charge in [0.2, 0.25) is 0 Å². The highest BCUT2D eigenvalue weighted by Gasteiger charge is 2.34. The SMILES string of the molecule is COc1ccccc1C1(C)CCNO1. The molecule has 14 heavy (non-hydrogen) atoms. The molecule has 1 unspecified atom stereocenters. The number of nitrogens with one attached hydrogen (secondary N) is 1. The molecule has 0 aliphatic carbocycles. The van der Waals surface area contributed by atoms with Crippen molar-refractivity contribution in [1.29, 1.82) is 0 Å². The van der Waals surface area contributed by atoms with E-state index in [-0.39, 0.29) is 5.60 Å². The van der Waals surface area contributed by atoms with E-state index in [0.717, 1.165) is 24.3 Å². The smallest absolute Gasteiger partial charge is 0.125 e. The molecule has 1 aliphatic rings. The quantitative estimate of drug-likeness (QED) is 0.777. The lowest BCUT2D eigenvalue weighted by Crippen LogP contribution is -2.22. The Kier molecular flexibility index (Phi) is 2.44. The fraction of sp³-hybridized carbons (Fsp3) is 0.455. The largest absolute Gasteiger partial charge is 0.496 e. The van der Waals surface area contributed by atoms with E-state index in [2.05, 4.69) is 12.4 Å². The van der Waals surface area contributed by atoms with E-state index < -0.39 is 0 Å². The Labute approximate surface area is 84.0 Å². The van der Waals surface area contributed by atoms with E-state index in [1.807, 2.05) is 24.3 Å². The minimum absolute atomic E-state index is 0.257. The normalized spacial score (nSPS) is 26.4. The highest BCUT2D eigenvalue weighted by Crippen LogP contribution is 2.36. The molecule has 1 aromatic carbocycles. The number of hydrogen-bond donors (Lipinski definition) is 1. The average Bonchev–Trinajstić information content (AvgIpc) is 2.66. The van der Waals surface area contributed by atoms with Crippen molar-refractivity contribution in [3.8, 4) is 5.75 Å². The fourth-order valence-corrected chi connectivity index (χ4v) is 1.82. The zero-order valence-electron chi connectivity index (χ0n) is 8.54. The fourth-order valence-electron chi connectivity index (χ4n) is 1.82. The third-order valence-corrected chi connectivity index (χ3v) is 2.68. The topological polar surface area (TPSA) is 30.5 Å². The van der Waals surface area contributed by atoms with Crippen molar-refractivity contribution in [2.45, 2.75) is 18.9 Å². The number of methoxy groups -OCH3 is 1. The molecule has 3 nitrogen and oxygen atoms in total. The first-order valence-electron chi connectivity index (χ1n) is 4.81. The van der Waals surface area contributed by atoms with Crippen LogP contribution in [0.1, 0.15) is 18.9 Å². The van der Waals surface area contributed by atoms with Crippen LogP contribution in [-0.2, 0) is 10.4 Å². The van der Waals surface area contributed by atoms with Crippen LogP contribution in [0.3, 0.4) is 0 Å². The minimum Gasteiger partial charge on any atom is -0.496 e. The highest BCUT2D eigenvalue weighted by atomic mass is 16.7. The number of rotatable bonds is 2. The molecule has 0 radical (unpaired) electrons. The van der Waals surface area contributed by atoms with Crippen LogP contribution in [0.2, 0.25) is 0 Å². The van der Waals surface area contributed by atoms with Gasteiger partial charge in [-0.3, -0.25) is 4.84 Å². The van der Waals surface area contributed by atoms with Crippen molar-refractivity contribution < 1.29 is 9.57 Å². The Morgan fingerprint density at radius 1 is 1.43 bits per heavy atom. The lowest BCUT2D eigenvalue weighted by Gasteiger charge is -2.24. The van der Waals surface area contributed by atoms with Crippen molar-refractivity contribution >= 4 is 0 Å². The van der Waals surface area contributed by atoms with Gasteiger partial charge in [0.1, 0.15) is 11.4 Å². The van der Waals surface area contributed by atoms with Crippen LogP contribution >= 0.6 is 0 Å². The Balaban J connectivity index is 2.39. The zero-order chi connectivity index (χ0) is 10.0. The third kappa shape index (κ3) is 1.49. The number of ether oxygens (including phenoxy) is 1. The van der Waals surface area contributed by atoms with Crippen molar-refractivity contribution in [1.82, 2.24) is 5.48 Å². The van der Waals surface area contributed by atoms with Crippen molar-refractivity contribution in [3.63, 3.8) is 0 Å². The summed E-state index contributed by atoms with van der Waals surface area (Å²) in [6, 6.07) is 7.98. The molecule has 3 heteroatoms. The van der Waals surface area contributed by atoms with Gasteiger partial charge in [-0.1, -0.05) is 18.2 Å². The molecule has 1 saturated heterocycles. The first-order chi connectivity index (χ1) is 6.76. The summed E-state index contributed by atoms with van der Waals surface area (Å²) in [5, 5.41) is 0. The van der Waals surface area contributed by atoms with Crippen LogP contribution in [0.25, 0.3) is 0 Å². The maximum atomic E-state index is 5.54. The molecule has 0 amide bonds. The Morgan fingerprint density at radius 2 is 2.21 bits per heavy atom. The lowest BCUT2D eigenvalue weighted by atomic mass is 9.92. The van der Waals surface area contributed by atoms with E-state index in [0.29, 0.717) is 0 Å². The minimum atomic E-state index is -0.257. The van der Waals surface area contributed by atoms with Crippen molar-refractivity contribution in [3.05, 3.63) is 29.8 Å². The van der Waals surface area contributed by atoms with Crippen LogP contribution in [-0.4, -0.2) is 13.7 Å². The molecular formula is C11H15NO2. The van der Waals surface area contributed by atoms with Gasteiger partial charge >= 0.3 is 0 Å². The lowest BCUT2D eigenvalue weighted by molar-refractivity contribution is -0.0453. The van der Waals surface area contributed by atoms with Crippen LogP contribution in [0.15, 0.2) is 24.3 Å². The van der Waals surface area contributed by atoms with Gasteiger partial charge in [-0.15, -0.1) is 0 Å². The molecule has 0 spiro atoms. The summed E-state index contributed by atoms with van der Waals surface area (Å²) in [6.45, 7) is 2.96. The maximum absolute atomic E-state index is 5.54.